The van der Waals surface area contributed by atoms with E-state index in [1.807, 2.05) is 6.92 Å². The van der Waals surface area contributed by atoms with Gasteiger partial charge in [0.1, 0.15) is 5.70 Å². The van der Waals surface area contributed by atoms with Crippen LogP contribution in [-0.2, 0) is 14.3 Å². The highest BCUT2D eigenvalue weighted by Gasteiger charge is 2.37. The van der Waals surface area contributed by atoms with Gasteiger partial charge in [-0.15, -0.1) is 0 Å². The van der Waals surface area contributed by atoms with E-state index in [-0.39, 0.29) is 17.9 Å². The van der Waals surface area contributed by atoms with E-state index in [0.29, 0.717) is 25.2 Å². The molecule has 0 bridgehead atoms. The van der Waals surface area contributed by atoms with Crippen LogP contribution in [0.15, 0.2) is 11.3 Å². The lowest BCUT2D eigenvalue weighted by atomic mass is 9.94. The summed E-state index contributed by atoms with van der Waals surface area (Å²) < 4.78 is 5.81. The van der Waals surface area contributed by atoms with Crippen molar-refractivity contribution >= 4 is 12.4 Å². The van der Waals surface area contributed by atoms with Gasteiger partial charge in [0, 0.05) is 0 Å². The van der Waals surface area contributed by atoms with Crippen LogP contribution < -0.4 is 5.32 Å². The lowest BCUT2D eigenvalue weighted by Gasteiger charge is -2.30. The molecule has 5 heteroatoms. The van der Waals surface area contributed by atoms with E-state index in [1.165, 1.54) is 0 Å². The third-order valence-electron chi connectivity index (χ3n) is 3.31. The lowest BCUT2D eigenvalue weighted by Crippen LogP contribution is -2.32. The van der Waals surface area contributed by atoms with Gasteiger partial charge in [-0.1, -0.05) is 0 Å². The largest absolute Gasteiger partial charge is 0.477 e. The van der Waals surface area contributed by atoms with Crippen LogP contribution in [0.1, 0.15) is 32.6 Å². The molecule has 0 radical (unpaired) electrons. The number of hydrogen-bond donors (Lipinski definition) is 2. The first-order valence-electron chi connectivity index (χ1n) is 5.92. The van der Waals surface area contributed by atoms with E-state index in [1.54, 1.807) is 0 Å². The summed E-state index contributed by atoms with van der Waals surface area (Å²) in [5, 5.41) is 11.4. The quantitative estimate of drug-likeness (QED) is 0.568. The average Bonchev–Trinajstić information content (AvgIpc) is 3.08. The fourth-order valence-electron chi connectivity index (χ4n) is 2.39. The zero-order valence-corrected chi connectivity index (χ0v) is 9.81. The van der Waals surface area contributed by atoms with Crippen LogP contribution in [0.3, 0.4) is 0 Å². The molecule has 0 aromatic carbocycles. The Morgan fingerprint density at radius 2 is 2.18 bits per heavy atom. The number of carboxylic acid groups (broad SMARTS) is 1. The molecule has 0 aromatic heterocycles. The first-order valence-corrected chi connectivity index (χ1v) is 5.92. The van der Waals surface area contributed by atoms with Crippen molar-refractivity contribution in [1.82, 2.24) is 5.32 Å². The molecule has 1 saturated carbocycles. The van der Waals surface area contributed by atoms with Crippen molar-refractivity contribution in [2.45, 2.75) is 44.8 Å². The number of rotatable bonds is 4. The molecular weight excluding hydrogens is 222 g/mol. The van der Waals surface area contributed by atoms with E-state index in [0.717, 1.165) is 18.4 Å². The Morgan fingerprint density at radius 1 is 1.47 bits per heavy atom. The zero-order chi connectivity index (χ0) is 12.4. The Morgan fingerprint density at radius 3 is 2.71 bits per heavy atom. The van der Waals surface area contributed by atoms with Gasteiger partial charge in [-0.05, 0) is 44.1 Å². The predicted molar refractivity (Wildman–Crippen MR) is 60.2 cm³/mol. The van der Waals surface area contributed by atoms with Crippen molar-refractivity contribution < 1.29 is 19.4 Å². The lowest BCUT2D eigenvalue weighted by molar-refractivity contribution is -0.134. The topological polar surface area (TPSA) is 75.6 Å². The molecule has 0 spiro atoms. The number of carbonyl (C=O) groups is 2. The SMILES string of the molecule is C[C@@H]1CC(=C(NC=O)C(=O)O)C[C@@H](C2CC2)O1. The van der Waals surface area contributed by atoms with Crippen molar-refractivity contribution in [3.05, 3.63) is 11.3 Å². The second kappa shape index (κ2) is 4.87. The monoisotopic (exact) mass is 239 g/mol. The molecule has 1 amide bonds. The van der Waals surface area contributed by atoms with E-state index in [9.17, 15) is 9.59 Å². The maximum atomic E-state index is 11.1. The Kier molecular flexibility index (Phi) is 3.47. The van der Waals surface area contributed by atoms with Gasteiger partial charge >= 0.3 is 5.97 Å². The van der Waals surface area contributed by atoms with Crippen LogP contribution in [-0.4, -0.2) is 29.7 Å². The van der Waals surface area contributed by atoms with E-state index < -0.39 is 5.97 Å². The number of ether oxygens (including phenoxy) is 1. The molecule has 1 heterocycles. The number of nitrogens with one attached hydrogen (secondary N) is 1. The molecule has 1 saturated heterocycles. The van der Waals surface area contributed by atoms with Gasteiger partial charge in [0.2, 0.25) is 6.41 Å². The summed E-state index contributed by atoms with van der Waals surface area (Å²) in [6, 6.07) is 0. The third-order valence-corrected chi connectivity index (χ3v) is 3.31. The summed E-state index contributed by atoms with van der Waals surface area (Å²) in [4.78, 5) is 21.5. The standard InChI is InChI=1S/C12H17NO4/c1-7-4-9(11(12(15)16)13-6-14)5-10(17-7)8-2-3-8/h6-8,10H,2-5H2,1H3,(H,13,14)(H,15,16)/t7-,10+/m1/s1. The fourth-order valence-corrected chi connectivity index (χ4v) is 2.39. The number of aliphatic carboxylic acids is 1. The molecule has 0 unspecified atom stereocenters. The summed E-state index contributed by atoms with van der Waals surface area (Å²) in [6.07, 6.45) is 4.08. The first-order chi connectivity index (χ1) is 8.11. The minimum atomic E-state index is -1.07. The second-order valence-electron chi connectivity index (χ2n) is 4.78. The fraction of sp³-hybridized carbons (Fsp3) is 0.667. The molecule has 5 nitrogen and oxygen atoms in total. The van der Waals surface area contributed by atoms with Gasteiger partial charge in [0.15, 0.2) is 0 Å². The minimum absolute atomic E-state index is 0.0205. The highest BCUT2D eigenvalue weighted by molar-refractivity contribution is 5.89. The van der Waals surface area contributed by atoms with Crippen LogP contribution in [0.2, 0.25) is 0 Å². The van der Waals surface area contributed by atoms with Gasteiger partial charge in [-0.25, -0.2) is 4.79 Å². The summed E-state index contributed by atoms with van der Waals surface area (Å²) >= 11 is 0. The normalized spacial score (nSPS) is 31.8. The van der Waals surface area contributed by atoms with Crippen LogP contribution in [0, 0.1) is 5.92 Å². The van der Waals surface area contributed by atoms with E-state index in [4.69, 9.17) is 9.84 Å². The van der Waals surface area contributed by atoms with Crippen molar-refractivity contribution in [1.29, 1.82) is 0 Å². The predicted octanol–water partition coefficient (Wildman–Crippen LogP) is 1.05. The molecule has 2 atom stereocenters. The summed E-state index contributed by atoms with van der Waals surface area (Å²) in [6.45, 7) is 1.94. The van der Waals surface area contributed by atoms with Crippen molar-refractivity contribution in [2.75, 3.05) is 0 Å². The van der Waals surface area contributed by atoms with Crippen LogP contribution in [0.4, 0.5) is 0 Å². The van der Waals surface area contributed by atoms with E-state index in [2.05, 4.69) is 5.32 Å². The molecular formula is C12H17NO4. The Balaban J connectivity index is 2.18. The highest BCUT2D eigenvalue weighted by Crippen LogP contribution is 2.41. The second-order valence-corrected chi connectivity index (χ2v) is 4.78. The van der Waals surface area contributed by atoms with Gasteiger partial charge in [0.25, 0.3) is 0 Å². The smallest absolute Gasteiger partial charge is 0.352 e. The number of hydrogen-bond acceptors (Lipinski definition) is 3. The van der Waals surface area contributed by atoms with E-state index >= 15 is 0 Å². The van der Waals surface area contributed by atoms with Crippen LogP contribution in [0.25, 0.3) is 0 Å². The van der Waals surface area contributed by atoms with Crippen molar-refractivity contribution in [2.24, 2.45) is 5.92 Å². The first kappa shape index (κ1) is 12.1. The molecule has 94 valence electrons. The van der Waals surface area contributed by atoms with Gasteiger partial charge in [-0.2, -0.15) is 0 Å². The van der Waals surface area contributed by atoms with Crippen LogP contribution >= 0.6 is 0 Å². The number of carbonyl (C=O) groups excluding carboxylic acids is 1. The average molecular weight is 239 g/mol. The Labute approximate surface area is 99.8 Å². The third kappa shape index (κ3) is 2.85. The molecule has 2 N–H and O–H groups in total. The number of amides is 1. The molecule has 2 fully saturated rings. The summed E-state index contributed by atoms with van der Waals surface area (Å²) in [7, 11) is 0. The molecule has 2 aliphatic rings. The van der Waals surface area contributed by atoms with Gasteiger partial charge < -0.3 is 15.2 Å². The van der Waals surface area contributed by atoms with Crippen molar-refractivity contribution in [3.8, 4) is 0 Å². The van der Waals surface area contributed by atoms with Crippen molar-refractivity contribution in [3.63, 3.8) is 0 Å². The summed E-state index contributed by atoms with van der Waals surface area (Å²) in [5.74, 6) is -0.505. The molecule has 1 aliphatic carbocycles. The zero-order valence-electron chi connectivity index (χ0n) is 9.81. The molecule has 17 heavy (non-hydrogen) atoms. The maximum absolute atomic E-state index is 11.1. The molecule has 0 aromatic rings. The Hall–Kier alpha value is -1.36. The molecule has 1 aliphatic heterocycles. The van der Waals surface area contributed by atoms with Gasteiger partial charge in [-0.3, -0.25) is 4.79 Å². The highest BCUT2D eigenvalue weighted by atomic mass is 16.5. The minimum Gasteiger partial charge on any atom is -0.477 e. The maximum Gasteiger partial charge on any atom is 0.352 e. The van der Waals surface area contributed by atoms with Gasteiger partial charge in [0.05, 0.1) is 12.2 Å². The van der Waals surface area contributed by atoms with Crippen LogP contribution in [0.5, 0.6) is 0 Å². The number of carboxylic acids is 1. The Bertz CT molecular complexity index is 360. The summed E-state index contributed by atoms with van der Waals surface area (Å²) in [5.41, 5.74) is 0.820. The molecule has 2 rings (SSSR count).